The van der Waals surface area contributed by atoms with Crippen LogP contribution in [0.4, 0.5) is 4.79 Å². The van der Waals surface area contributed by atoms with E-state index < -0.39 is 169 Å². The van der Waals surface area contributed by atoms with Crippen molar-refractivity contribution in [2.24, 2.45) is 0 Å². The Kier molecular flexibility index (Phi) is 21.6. The lowest BCUT2D eigenvalue weighted by atomic mass is 9.85. The second kappa shape index (κ2) is 22.9. The minimum absolute atomic E-state index is 0.755. The van der Waals surface area contributed by atoms with Gasteiger partial charge in [0.05, 0.1) is 13.2 Å². The number of amides is 2. The highest BCUT2D eigenvalue weighted by atomic mass is 31.2. The Balaban J connectivity index is 2.35. The number of ether oxygens (including phenoxy) is 2. The Hall–Kier alpha value is 0.150. The minimum atomic E-state index is -6.07. The molecule has 0 aliphatic heterocycles. The number of phosphoric acid groups is 7. The van der Waals surface area contributed by atoms with Crippen LogP contribution in [0.25, 0.3) is 0 Å². The molecule has 2 amide bonds. The molecule has 0 spiro atoms. The van der Waals surface area contributed by atoms with Crippen molar-refractivity contribution < 1.29 is 176 Å². The van der Waals surface area contributed by atoms with E-state index in [-0.39, 0.29) is 0 Å². The third kappa shape index (κ3) is 22.3. The van der Waals surface area contributed by atoms with Gasteiger partial charge in [-0.05, 0) is 0 Å². The summed E-state index contributed by atoms with van der Waals surface area (Å²) in [6.07, 6.45) is -33.3. The zero-order chi connectivity index (χ0) is 49.8. The van der Waals surface area contributed by atoms with Crippen LogP contribution in [0.15, 0.2) is 0 Å². The van der Waals surface area contributed by atoms with Crippen LogP contribution in [0.3, 0.4) is 0 Å². The highest BCUT2D eigenvalue weighted by molar-refractivity contribution is 7.53. The Morgan fingerprint density at radius 3 is 0.906 bits per heavy atom. The van der Waals surface area contributed by atoms with Gasteiger partial charge in [0.15, 0.2) is 6.10 Å². The molecular weight excluding hydrogens is 1070 g/mol. The average molecular weight is 1110 g/mol. The fourth-order valence-electron chi connectivity index (χ4n) is 5.68. The molecule has 64 heavy (non-hydrogen) atoms. The van der Waals surface area contributed by atoms with Crippen LogP contribution in [0.1, 0.15) is 0 Å². The molecule has 2 aliphatic rings. The van der Waals surface area contributed by atoms with Crippen molar-refractivity contribution in [1.29, 1.82) is 0 Å². The van der Waals surface area contributed by atoms with Gasteiger partial charge in [-0.15, -0.1) is 4.52 Å². The topological polar surface area (TPSA) is 637 Å². The van der Waals surface area contributed by atoms with Crippen molar-refractivity contribution in [3.63, 3.8) is 0 Å². The molecule has 0 aromatic carbocycles. The second-order valence-corrected chi connectivity index (χ2v) is 21.9. The Morgan fingerprint density at radius 1 is 0.391 bits per heavy atom. The summed E-state index contributed by atoms with van der Waals surface area (Å²) in [4.78, 5) is 173. The first-order valence-electron chi connectivity index (χ1n) is 16.0. The molecule has 47 heteroatoms. The normalized spacial score (nSPS) is 30.5. The molecule has 2 saturated carbocycles. The molecule has 2 rings (SSSR count). The monoisotopic (exact) mass is 1110 g/mol. The van der Waals surface area contributed by atoms with E-state index >= 15 is 0 Å². The van der Waals surface area contributed by atoms with Gasteiger partial charge in [-0.3, -0.25) is 31.7 Å². The van der Waals surface area contributed by atoms with Gasteiger partial charge in [-0.25, -0.2) is 36.7 Å². The van der Waals surface area contributed by atoms with Crippen LogP contribution in [-0.2, 0) is 77.6 Å². The van der Waals surface area contributed by atoms with E-state index in [4.69, 9.17) is 9.47 Å². The van der Waals surface area contributed by atoms with E-state index in [1.54, 1.807) is 0 Å². The summed E-state index contributed by atoms with van der Waals surface area (Å²) in [7, 11) is -47.3. The molecule has 2 aliphatic carbocycles. The summed E-state index contributed by atoms with van der Waals surface area (Å²) in [5.74, 6) is 0. The van der Waals surface area contributed by atoms with Crippen LogP contribution >= 0.6 is 62.9 Å². The van der Waals surface area contributed by atoms with Crippen LogP contribution in [-0.4, -0.2) is 199 Å². The first-order chi connectivity index (χ1) is 28.5. The van der Waals surface area contributed by atoms with Crippen LogP contribution < -0.4 is 10.6 Å². The Morgan fingerprint density at radius 2 is 0.625 bits per heavy atom. The van der Waals surface area contributed by atoms with Crippen molar-refractivity contribution in [2.75, 3.05) is 26.3 Å². The lowest BCUT2D eigenvalue weighted by Crippen LogP contribution is -2.67. The standard InChI is InChI=1S/C17H40N2O37P8/c20-5-7(8(49-57(23,24)25)6(21)10(51-59(29,30)31)9(5)50-58(26,27)28)47-3-1-18-17(22)19-2-4-48-11-12(52-60(32,33)34)14(54-62(38,39)40)16(56-64(44,45)46)15(55-63(41,42)43)13(11)53-61(35,36)37/h5-16,20-21,44-46H,1-4H2,(H15-,18,19,22,23,24,25,26,27,28,29,30,31,32,33,34,35,36,37,38,39,40,41,42,43)/p+1/t5-,6-,7+,8-,9+,10+,11?,12-,13+,14+,15-,16?/m0/s1. The zero-order valence-corrected chi connectivity index (χ0v) is 37.8. The molecule has 380 valence electrons. The van der Waals surface area contributed by atoms with Crippen molar-refractivity contribution >= 4 is 69.0 Å². The zero-order valence-electron chi connectivity index (χ0n) is 30.7. The number of nitrogens with one attached hydrogen (secondary N) is 2. The summed E-state index contributed by atoms with van der Waals surface area (Å²) in [6, 6.07) is -1.29. The van der Waals surface area contributed by atoms with Crippen LogP contribution in [0.2, 0.25) is 0 Å². The molecule has 0 saturated heterocycles. The molecule has 2 unspecified atom stereocenters. The number of carbonyl (C=O) groups is 1. The van der Waals surface area contributed by atoms with Crippen molar-refractivity contribution in [2.45, 2.75) is 73.2 Å². The third-order valence-corrected chi connectivity index (χ3v) is 11.6. The van der Waals surface area contributed by atoms with Gasteiger partial charge in [0, 0.05) is 13.1 Å². The predicted octanol–water partition coefficient (Wildman–Crippen LogP) is -6.81. The molecular formula is C17H41N2O37P8+. The molecule has 21 N–H and O–H groups in total. The highest BCUT2D eigenvalue weighted by Gasteiger charge is 2.64. The fraction of sp³-hybridized carbons (Fsp3) is 0.941. The summed E-state index contributed by atoms with van der Waals surface area (Å²) in [6.45, 7) is -3.66. The van der Waals surface area contributed by atoms with Gasteiger partial charge in [-0.2, -0.15) is 14.7 Å². The fourth-order valence-corrected chi connectivity index (χ4v) is 10.2. The first-order valence-corrected chi connectivity index (χ1v) is 28.3. The third-order valence-electron chi connectivity index (χ3n) is 7.41. The quantitative estimate of drug-likeness (QED) is 0.0315. The summed E-state index contributed by atoms with van der Waals surface area (Å²) < 4.78 is 127. The molecule has 0 aromatic rings. The lowest BCUT2D eigenvalue weighted by molar-refractivity contribution is -0.224. The molecule has 39 nitrogen and oxygen atoms in total. The molecule has 0 bridgehead atoms. The highest BCUT2D eigenvalue weighted by Crippen LogP contribution is 2.57. The van der Waals surface area contributed by atoms with E-state index in [0.29, 0.717) is 0 Å². The SMILES string of the molecule is O=C(NCCOC1[C@@H](OP(=O)(O)O)[C@H](OP(=O)(O)O)C(O[P+](O)(O)O)[C@H](OP(=O)(O)O)[C@H]1OP(=O)(O)O)NCCO[C@@H]1[C@H](O)[C@@H](OP(=O)(O)O)[C@H](OP(=O)(O)O)[C@@H](O)[C@@H]1OP(=O)(O)O. The van der Waals surface area contributed by atoms with Gasteiger partial charge in [0.25, 0.3) is 0 Å². The smallest absolute Gasteiger partial charge is 0.387 e. The van der Waals surface area contributed by atoms with E-state index in [9.17, 15) is 130 Å². The maximum Gasteiger partial charge on any atom is 0.567 e. The summed E-state index contributed by atoms with van der Waals surface area (Å²) in [5, 5.41) is 25.4. The molecule has 12 atom stereocenters. The Labute approximate surface area is 354 Å². The predicted molar refractivity (Wildman–Crippen MR) is 190 cm³/mol. The second-order valence-electron chi connectivity index (χ2n) is 12.3. The number of carbonyl (C=O) groups excluding carboxylic acids is 1. The number of phosphoric ester groups is 7. The Bertz CT molecular complexity index is 1830. The number of urea groups is 1. The maximum absolute atomic E-state index is 12.5. The van der Waals surface area contributed by atoms with E-state index in [0.717, 1.165) is 0 Å². The molecule has 0 heterocycles. The maximum atomic E-state index is 12.5. The summed E-state index contributed by atoms with van der Waals surface area (Å²) >= 11 is 0. The number of aliphatic hydroxyl groups is 2. The number of rotatable bonds is 24. The van der Waals surface area contributed by atoms with Crippen LogP contribution in [0.5, 0.6) is 0 Å². The van der Waals surface area contributed by atoms with Crippen molar-refractivity contribution in [3.05, 3.63) is 0 Å². The minimum Gasteiger partial charge on any atom is -0.387 e. The average Bonchev–Trinajstić information content (AvgIpc) is 3.03. The first kappa shape index (κ1) is 60.3. The van der Waals surface area contributed by atoms with Crippen molar-refractivity contribution in [3.8, 4) is 0 Å². The molecule has 0 aromatic heterocycles. The van der Waals surface area contributed by atoms with Gasteiger partial charge < -0.3 is 98.8 Å². The number of aliphatic hydroxyl groups excluding tert-OH is 2. The van der Waals surface area contributed by atoms with Crippen molar-refractivity contribution in [1.82, 2.24) is 10.6 Å². The largest absolute Gasteiger partial charge is 0.567 e. The van der Waals surface area contributed by atoms with E-state index in [2.05, 4.69) is 36.2 Å². The van der Waals surface area contributed by atoms with E-state index in [1.165, 1.54) is 0 Å². The lowest BCUT2D eigenvalue weighted by Gasteiger charge is -2.47. The molecule has 0 radical (unpaired) electrons. The van der Waals surface area contributed by atoms with Gasteiger partial charge >= 0.3 is 69.0 Å². The molecule has 2 fully saturated rings. The van der Waals surface area contributed by atoms with Gasteiger partial charge in [-0.1, -0.05) is 0 Å². The van der Waals surface area contributed by atoms with Gasteiger partial charge in [0.2, 0.25) is 0 Å². The van der Waals surface area contributed by atoms with Gasteiger partial charge in [0.1, 0.15) is 67.1 Å². The summed E-state index contributed by atoms with van der Waals surface area (Å²) in [5.41, 5.74) is 0. The number of hydrogen-bond donors (Lipinski definition) is 21. The number of hydrogen-bond acceptors (Lipinski definition) is 23. The van der Waals surface area contributed by atoms with E-state index in [1.807, 2.05) is 10.6 Å². The van der Waals surface area contributed by atoms with Crippen LogP contribution in [0, 0.1) is 0 Å².